The lowest BCUT2D eigenvalue weighted by Gasteiger charge is -2.08. The Balaban J connectivity index is 1.22. The van der Waals surface area contributed by atoms with Crippen LogP contribution in [0.2, 0.25) is 0 Å². The first-order chi connectivity index (χ1) is 18.8. The highest BCUT2D eigenvalue weighted by molar-refractivity contribution is 7.11. The van der Waals surface area contributed by atoms with Crippen molar-refractivity contribution in [2.24, 2.45) is 0 Å². The van der Waals surface area contributed by atoms with Crippen molar-refractivity contribution >= 4 is 27.9 Å². The molecular formula is C31H23N5OS. The second-order valence-electron chi connectivity index (χ2n) is 9.14. The molecule has 7 rings (SSSR count). The number of thiophene rings is 1. The van der Waals surface area contributed by atoms with E-state index in [-0.39, 0.29) is 0 Å². The number of fused-ring (bicyclic) bond motifs is 2. The minimum Gasteiger partial charge on any atom is -0.487 e. The molecule has 0 fully saturated rings. The van der Waals surface area contributed by atoms with Crippen LogP contribution in [-0.4, -0.2) is 25.1 Å². The predicted molar refractivity (Wildman–Crippen MR) is 152 cm³/mol. The summed E-state index contributed by atoms with van der Waals surface area (Å²) in [6, 6.07) is 20.7. The van der Waals surface area contributed by atoms with Crippen molar-refractivity contribution in [1.82, 2.24) is 25.1 Å². The fraction of sp³-hybridized carbons (Fsp3) is 0.0645. The number of aromatic amines is 2. The van der Waals surface area contributed by atoms with Crippen LogP contribution < -0.4 is 4.74 Å². The number of pyridine rings is 2. The number of benzene rings is 1. The van der Waals surface area contributed by atoms with Gasteiger partial charge in [0.25, 0.3) is 0 Å². The van der Waals surface area contributed by atoms with E-state index in [1.54, 1.807) is 17.5 Å². The molecule has 1 aromatic carbocycles. The number of hydrogen-bond donors (Lipinski definition) is 2. The average Bonchev–Trinajstić information content (AvgIpc) is 3.71. The minimum atomic E-state index is 0.490. The summed E-state index contributed by atoms with van der Waals surface area (Å²) in [6.07, 6.45) is 12.8. The SMILES string of the molecule is C1=CCc2[nH]c(-c3[nH]nc4ncc(-c5cncc(OCc6ccccc6)c5)cc34)cc2C(c2cccs2)=C1. The fourth-order valence-corrected chi connectivity index (χ4v) is 5.55. The third-order valence-electron chi connectivity index (χ3n) is 6.67. The number of rotatable bonds is 6. The number of nitrogens with one attached hydrogen (secondary N) is 2. The molecule has 5 aromatic heterocycles. The molecule has 5 heterocycles. The van der Waals surface area contributed by atoms with Crippen LogP contribution in [0, 0.1) is 0 Å². The smallest absolute Gasteiger partial charge is 0.181 e. The van der Waals surface area contributed by atoms with Crippen molar-refractivity contribution < 1.29 is 4.74 Å². The van der Waals surface area contributed by atoms with Gasteiger partial charge < -0.3 is 9.72 Å². The zero-order valence-electron chi connectivity index (χ0n) is 20.4. The predicted octanol–water partition coefficient (Wildman–Crippen LogP) is 7.20. The normalized spacial score (nSPS) is 12.8. The lowest BCUT2D eigenvalue weighted by Crippen LogP contribution is -1.96. The molecule has 38 heavy (non-hydrogen) atoms. The second-order valence-corrected chi connectivity index (χ2v) is 10.1. The van der Waals surface area contributed by atoms with Crippen molar-refractivity contribution in [1.29, 1.82) is 0 Å². The summed E-state index contributed by atoms with van der Waals surface area (Å²) in [7, 11) is 0. The van der Waals surface area contributed by atoms with Gasteiger partial charge in [0.1, 0.15) is 12.4 Å². The Morgan fingerprint density at radius 3 is 2.76 bits per heavy atom. The first-order valence-corrected chi connectivity index (χ1v) is 13.3. The number of nitrogens with zero attached hydrogens (tertiary/aromatic N) is 3. The van der Waals surface area contributed by atoms with Gasteiger partial charge in [-0.1, -0.05) is 54.6 Å². The molecule has 0 spiro atoms. The molecule has 184 valence electrons. The van der Waals surface area contributed by atoms with Gasteiger partial charge >= 0.3 is 0 Å². The maximum absolute atomic E-state index is 6.00. The number of H-pyrrole nitrogens is 2. The van der Waals surface area contributed by atoms with E-state index in [0.717, 1.165) is 39.9 Å². The number of allylic oxidation sites excluding steroid dienone is 3. The molecule has 0 saturated heterocycles. The standard InChI is InChI=1S/C31H23N5OS/c1-2-7-20(8-3-1)19-37-23-13-21(16-32-18-23)22-14-26-30(35-36-31(26)33-17-22)28-15-25-24(29-11-6-12-38-29)9-4-5-10-27(25)34-28/h1-9,11-18,34H,10,19H2,(H,33,35,36). The molecule has 2 N–H and O–H groups in total. The molecule has 0 atom stereocenters. The van der Waals surface area contributed by atoms with Crippen LogP contribution in [0.3, 0.4) is 0 Å². The average molecular weight is 514 g/mol. The molecular weight excluding hydrogens is 490 g/mol. The van der Waals surface area contributed by atoms with Gasteiger partial charge in [0.2, 0.25) is 0 Å². The fourth-order valence-electron chi connectivity index (χ4n) is 4.78. The molecule has 0 saturated carbocycles. The van der Waals surface area contributed by atoms with E-state index in [9.17, 15) is 0 Å². The van der Waals surface area contributed by atoms with Gasteiger partial charge in [0, 0.05) is 57.0 Å². The van der Waals surface area contributed by atoms with Crippen LogP contribution in [0.25, 0.3) is 39.1 Å². The van der Waals surface area contributed by atoms with Gasteiger partial charge in [-0.2, -0.15) is 5.10 Å². The lowest BCUT2D eigenvalue weighted by atomic mass is 10.0. The van der Waals surface area contributed by atoms with Gasteiger partial charge in [-0.3, -0.25) is 10.1 Å². The van der Waals surface area contributed by atoms with Gasteiger partial charge in [-0.15, -0.1) is 11.3 Å². The van der Waals surface area contributed by atoms with E-state index >= 15 is 0 Å². The van der Waals surface area contributed by atoms with E-state index in [1.807, 2.05) is 48.8 Å². The Labute approximate surface area is 223 Å². The van der Waals surface area contributed by atoms with Crippen LogP contribution >= 0.6 is 11.3 Å². The molecule has 0 bridgehead atoms. The quantitative estimate of drug-likeness (QED) is 0.247. The Hall–Kier alpha value is -4.75. The molecule has 1 aliphatic carbocycles. The first-order valence-electron chi connectivity index (χ1n) is 12.4. The van der Waals surface area contributed by atoms with Crippen molar-refractivity contribution in [3.05, 3.63) is 125 Å². The topological polar surface area (TPSA) is 79.5 Å². The van der Waals surface area contributed by atoms with E-state index in [2.05, 4.69) is 73.0 Å². The summed E-state index contributed by atoms with van der Waals surface area (Å²) < 4.78 is 6.00. The van der Waals surface area contributed by atoms with Crippen LogP contribution in [-0.2, 0) is 13.0 Å². The third kappa shape index (κ3) is 4.23. The van der Waals surface area contributed by atoms with Gasteiger partial charge in [0.05, 0.1) is 17.6 Å². The molecule has 7 heteroatoms. The summed E-state index contributed by atoms with van der Waals surface area (Å²) >= 11 is 1.75. The second kappa shape index (κ2) is 9.61. The number of aromatic nitrogens is 5. The number of ether oxygens (including phenoxy) is 1. The van der Waals surface area contributed by atoms with Gasteiger partial charge in [-0.05, 0) is 35.2 Å². The van der Waals surface area contributed by atoms with Crippen molar-refractivity contribution in [3.8, 4) is 28.3 Å². The lowest BCUT2D eigenvalue weighted by molar-refractivity contribution is 0.305. The summed E-state index contributed by atoms with van der Waals surface area (Å²) in [5.74, 6) is 0.716. The Morgan fingerprint density at radius 2 is 1.87 bits per heavy atom. The highest BCUT2D eigenvalue weighted by atomic mass is 32.1. The Bertz CT molecular complexity index is 1790. The first kappa shape index (κ1) is 22.4. The summed E-state index contributed by atoms with van der Waals surface area (Å²) in [6.45, 7) is 0.490. The van der Waals surface area contributed by atoms with Crippen molar-refractivity contribution in [2.45, 2.75) is 13.0 Å². The molecule has 0 aliphatic heterocycles. The Kier molecular flexibility index (Phi) is 5.68. The van der Waals surface area contributed by atoms with E-state index < -0.39 is 0 Å². The zero-order chi connectivity index (χ0) is 25.3. The number of hydrogen-bond acceptors (Lipinski definition) is 5. The van der Waals surface area contributed by atoms with Crippen molar-refractivity contribution in [2.75, 3.05) is 0 Å². The largest absolute Gasteiger partial charge is 0.487 e. The van der Waals surface area contributed by atoms with E-state index in [4.69, 9.17) is 4.74 Å². The van der Waals surface area contributed by atoms with Gasteiger partial charge in [0.15, 0.2) is 5.65 Å². The summed E-state index contributed by atoms with van der Waals surface area (Å²) in [5.41, 5.74) is 9.22. The highest BCUT2D eigenvalue weighted by Crippen LogP contribution is 2.36. The monoisotopic (exact) mass is 513 g/mol. The van der Waals surface area contributed by atoms with E-state index in [1.165, 1.54) is 21.7 Å². The van der Waals surface area contributed by atoms with Crippen molar-refractivity contribution in [3.63, 3.8) is 0 Å². The Morgan fingerprint density at radius 1 is 0.947 bits per heavy atom. The van der Waals surface area contributed by atoms with E-state index in [0.29, 0.717) is 18.0 Å². The van der Waals surface area contributed by atoms with Crippen LogP contribution in [0.5, 0.6) is 5.75 Å². The maximum atomic E-state index is 6.00. The molecule has 0 radical (unpaired) electrons. The molecule has 0 unspecified atom stereocenters. The molecule has 0 amide bonds. The highest BCUT2D eigenvalue weighted by Gasteiger charge is 2.19. The molecule has 6 aromatic rings. The summed E-state index contributed by atoms with van der Waals surface area (Å²) in [4.78, 5) is 13.9. The summed E-state index contributed by atoms with van der Waals surface area (Å²) in [5, 5.41) is 10.8. The van der Waals surface area contributed by atoms with Crippen LogP contribution in [0.15, 0.2) is 103 Å². The molecule has 6 nitrogen and oxygen atoms in total. The third-order valence-corrected chi connectivity index (χ3v) is 7.57. The zero-order valence-corrected chi connectivity index (χ0v) is 21.2. The molecule has 1 aliphatic rings. The minimum absolute atomic E-state index is 0.490. The van der Waals surface area contributed by atoms with Gasteiger partial charge in [-0.25, -0.2) is 4.98 Å². The maximum Gasteiger partial charge on any atom is 0.181 e. The van der Waals surface area contributed by atoms with Crippen LogP contribution in [0.1, 0.15) is 21.7 Å². The van der Waals surface area contributed by atoms with Crippen LogP contribution in [0.4, 0.5) is 0 Å².